The molecule has 1 aromatic rings. The summed E-state index contributed by atoms with van der Waals surface area (Å²) in [6, 6.07) is 3.34. The summed E-state index contributed by atoms with van der Waals surface area (Å²) in [7, 11) is 0. The molecular formula is C13H9Br2NO4S2. The maximum atomic E-state index is 12.3. The number of amides is 1. The maximum absolute atomic E-state index is 12.3. The van der Waals surface area contributed by atoms with Crippen LogP contribution in [0, 0.1) is 0 Å². The van der Waals surface area contributed by atoms with Crippen molar-refractivity contribution in [1.82, 2.24) is 4.90 Å². The van der Waals surface area contributed by atoms with Gasteiger partial charge >= 0.3 is 5.97 Å². The topological polar surface area (TPSA) is 77.8 Å². The fourth-order valence-corrected chi connectivity index (χ4v) is 4.25. The summed E-state index contributed by atoms with van der Waals surface area (Å²) in [6.45, 7) is 0.0559. The van der Waals surface area contributed by atoms with Crippen LogP contribution >= 0.6 is 55.8 Å². The van der Waals surface area contributed by atoms with Gasteiger partial charge in [0.15, 0.2) is 0 Å². The SMILES string of the molecule is O=C(O)CCN1C(=O)C(=Cc2cc(Br)c(O)c(Br)c2)SC1=S. The summed E-state index contributed by atoms with van der Waals surface area (Å²) >= 11 is 12.7. The number of thioether (sulfide) groups is 1. The van der Waals surface area contributed by atoms with Crippen molar-refractivity contribution in [3.8, 4) is 5.75 Å². The minimum absolute atomic E-state index is 0.0559. The highest BCUT2D eigenvalue weighted by atomic mass is 79.9. The number of hydrogen-bond acceptors (Lipinski definition) is 5. The molecule has 0 unspecified atom stereocenters. The third-order valence-corrected chi connectivity index (χ3v) is 5.35. The van der Waals surface area contributed by atoms with E-state index in [4.69, 9.17) is 17.3 Å². The lowest BCUT2D eigenvalue weighted by molar-refractivity contribution is -0.137. The highest BCUT2D eigenvalue weighted by Crippen LogP contribution is 2.36. The number of thiocarbonyl (C=S) groups is 1. The largest absolute Gasteiger partial charge is 0.506 e. The van der Waals surface area contributed by atoms with Gasteiger partial charge in [0.1, 0.15) is 10.1 Å². The lowest BCUT2D eigenvalue weighted by atomic mass is 10.2. The predicted molar refractivity (Wildman–Crippen MR) is 95.6 cm³/mol. The minimum atomic E-state index is -0.982. The van der Waals surface area contributed by atoms with Crippen molar-refractivity contribution in [2.24, 2.45) is 0 Å². The number of aromatic hydroxyl groups is 1. The molecule has 0 bridgehead atoms. The number of rotatable bonds is 4. The molecule has 0 saturated carbocycles. The van der Waals surface area contributed by atoms with Crippen LogP contribution < -0.4 is 0 Å². The van der Waals surface area contributed by atoms with E-state index < -0.39 is 5.97 Å². The molecule has 1 saturated heterocycles. The van der Waals surface area contributed by atoms with Crippen molar-refractivity contribution < 1.29 is 19.8 Å². The van der Waals surface area contributed by atoms with Crippen LogP contribution in [0.3, 0.4) is 0 Å². The molecule has 9 heteroatoms. The van der Waals surface area contributed by atoms with Crippen LogP contribution in [0.4, 0.5) is 0 Å². The molecule has 1 aliphatic heterocycles. The van der Waals surface area contributed by atoms with Crippen LogP contribution in [0.5, 0.6) is 5.75 Å². The molecule has 1 aliphatic rings. The summed E-state index contributed by atoms with van der Waals surface area (Å²) in [5.74, 6) is -1.22. The first-order valence-electron chi connectivity index (χ1n) is 5.94. The second-order valence-corrected chi connectivity index (χ2v) is 7.69. The molecule has 1 heterocycles. The van der Waals surface area contributed by atoms with Crippen LogP contribution in [0.2, 0.25) is 0 Å². The van der Waals surface area contributed by atoms with Gasteiger partial charge in [0.05, 0.1) is 20.3 Å². The Morgan fingerprint density at radius 1 is 1.36 bits per heavy atom. The monoisotopic (exact) mass is 465 g/mol. The van der Waals surface area contributed by atoms with Gasteiger partial charge in [0.2, 0.25) is 0 Å². The second kappa shape index (κ2) is 7.12. The molecule has 2 N–H and O–H groups in total. The summed E-state index contributed by atoms with van der Waals surface area (Å²) < 4.78 is 1.33. The minimum Gasteiger partial charge on any atom is -0.506 e. The zero-order valence-corrected chi connectivity index (χ0v) is 15.7. The van der Waals surface area contributed by atoms with Gasteiger partial charge in [-0.2, -0.15) is 0 Å². The number of phenols is 1. The van der Waals surface area contributed by atoms with Crippen LogP contribution in [0.1, 0.15) is 12.0 Å². The quantitative estimate of drug-likeness (QED) is 0.521. The van der Waals surface area contributed by atoms with Crippen LogP contribution in [-0.4, -0.2) is 37.9 Å². The van der Waals surface area contributed by atoms with Crippen LogP contribution in [-0.2, 0) is 9.59 Å². The maximum Gasteiger partial charge on any atom is 0.305 e. The molecular weight excluding hydrogens is 458 g/mol. The zero-order chi connectivity index (χ0) is 16.4. The Morgan fingerprint density at radius 2 is 1.95 bits per heavy atom. The van der Waals surface area contributed by atoms with Gasteiger partial charge in [0.25, 0.3) is 5.91 Å². The van der Waals surface area contributed by atoms with Gasteiger partial charge in [-0.3, -0.25) is 14.5 Å². The van der Waals surface area contributed by atoms with Gasteiger partial charge in [-0.1, -0.05) is 24.0 Å². The Bertz CT molecular complexity index is 682. The number of benzene rings is 1. The second-order valence-electron chi connectivity index (χ2n) is 4.31. The van der Waals surface area contributed by atoms with Crippen molar-refractivity contribution in [3.05, 3.63) is 31.5 Å². The number of aliphatic carboxylic acids is 1. The zero-order valence-electron chi connectivity index (χ0n) is 10.9. The third-order valence-electron chi connectivity index (χ3n) is 2.76. The van der Waals surface area contributed by atoms with Crippen molar-refractivity contribution in [3.63, 3.8) is 0 Å². The Kier molecular flexibility index (Phi) is 5.65. The number of carbonyl (C=O) groups excluding carboxylic acids is 1. The molecule has 22 heavy (non-hydrogen) atoms. The standard InChI is InChI=1S/C13H9Br2NO4S2/c14-7-3-6(4-8(15)11(7)19)5-9-12(20)16(13(21)22-9)2-1-10(17)18/h3-5,19H,1-2H2,(H,17,18). The number of carboxylic acid groups (broad SMARTS) is 1. The number of carbonyl (C=O) groups is 2. The number of halogens is 2. The van der Waals surface area contributed by atoms with E-state index in [0.717, 1.165) is 11.8 Å². The molecule has 0 spiro atoms. The Labute approximate surface area is 152 Å². The first kappa shape index (κ1) is 17.5. The molecule has 116 valence electrons. The van der Waals surface area contributed by atoms with E-state index in [-0.39, 0.29) is 24.6 Å². The van der Waals surface area contributed by atoms with Gasteiger partial charge < -0.3 is 10.2 Å². The van der Waals surface area contributed by atoms with Crippen molar-refractivity contribution >= 4 is 78.1 Å². The first-order chi connectivity index (χ1) is 10.3. The van der Waals surface area contributed by atoms with E-state index in [2.05, 4.69) is 31.9 Å². The highest BCUT2D eigenvalue weighted by molar-refractivity contribution is 9.11. The normalized spacial score (nSPS) is 16.6. The molecule has 0 atom stereocenters. The van der Waals surface area contributed by atoms with Crippen molar-refractivity contribution in [2.75, 3.05) is 6.54 Å². The molecule has 1 aromatic carbocycles. The Balaban J connectivity index is 2.25. The van der Waals surface area contributed by atoms with E-state index >= 15 is 0 Å². The average Bonchev–Trinajstić information content (AvgIpc) is 2.68. The van der Waals surface area contributed by atoms with E-state index in [0.29, 0.717) is 23.7 Å². The fourth-order valence-electron chi connectivity index (χ4n) is 1.72. The van der Waals surface area contributed by atoms with Crippen LogP contribution in [0.15, 0.2) is 26.0 Å². The third kappa shape index (κ3) is 3.89. The molecule has 0 aromatic heterocycles. The van der Waals surface area contributed by atoms with Gasteiger partial charge in [-0.25, -0.2) is 0 Å². The van der Waals surface area contributed by atoms with Gasteiger partial charge in [-0.05, 0) is 55.6 Å². The van der Waals surface area contributed by atoms with Crippen molar-refractivity contribution in [1.29, 1.82) is 0 Å². The number of hydrogen-bond donors (Lipinski definition) is 2. The summed E-state index contributed by atoms with van der Waals surface area (Å²) in [6.07, 6.45) is 1.49. The fraction of sp³-hybridized carbons (Fsp3) is 0.154. The lowest BCUT2D eigenvalue weighted by Crippen LogP contribution is -2.30. The molecule has 5 nitrogen and oxygen atoms in total. The Morgan fingerprint density at radius 3 is 2.50 bits per heavy atom. The molecule has 0 aliphatic carbocycles. The lowest BCUT2D eigenvalue weighted by Gasteiger charge is -2.12. The molecule has 1 fully saturated rings. The average molecular weight is 467 g/mol. The number of nitrogens with zero attached hydrogens (tertiary/aromatic N) is 1. The van der Waals surface area contributed by atoms with Crippen molar-refractivity contribution in [2.45, 2.75) is 6.42 Å². The van der Waals surface area contributed by atoms with Gasteiger partial charge in [0, 0.05) is 6.54 Å². The summed E-state index contributed by atoms with van der Waals surface area (Å²) in [5.41, 5.74) is 0.704. The Hall–Kier alpha value is -0.900. The van der Waals surface area contributed by atoms with E-state index in [1.807, 2.05) is 0 Å². The van der Waals surface area contributed by atoms with E-state index in [1.54, 1.807) is 18.2 Å². The van der Waals surface area contributed by atoms with Gasteiger partial charge in [-0.15, -0.1) is 0 Å². The number of phenolic OH excluding ortho intramolecular Hbond substituents is 1. The molecule has 2 rings (SSSR count). The highest BCUT2D eigenvalue weighted by Gasteiger charge is 2.32. The smallest absolute Gasteiger partial charge is 0.305 e. The van der Waals surface area contributed by atoms with E-state index in [9.17, 15) is 14.7 Å². The first-order valence-corrected chi connectivity index (χ1v) is 8.76. The van der Waals surface area contributed by atoms with Crippen LogP contribution in [0.25, 0.3) is 6.08 Å². The summed E-state index contributed by atoms with van der Waals surface area (Å²) in [5, 5.41) is 18.4. The van der Waals surface area contributed by atoms with E-state index in [1.165, 1.54) is 4.90 Å². The number of carboxylic acids is 1. The molecule has 0 radical (unpaired) electrons. The predicted octanol–water partition coefficient (Wildman–Crippen LogP) is 3.59. The molecule has 1 amide bonds. The summed E-state index contributed by atoms with van der Waals surface area (Å²) in [4.78, 5) is 24.6.